The van der Waals surface area contributed by atoms with E-state index in [2.05, 4.69) is 16.0 Å². The van der Waals surface area contributed by atoms with Crippen molar-refractivity contribution in [2.45, 2.75) is 24.5 Å². The second-order valence-corrected chi connectivity index (χ2v) is 5.84. The minimum Gasteiger partial charge on any atom is -0.480 e. The molecule has 0 spiro atoms. The lowest BCUT2D eigenvalue weighted by molar-refractivity contribution is -0.143. The third-order valence-electron chi connectivity index (χ3n) is 3.73. The Hall–Kier alpha value is -3.02. The van der Waals surface area contributed by atoms with Gasteiger partial charge in [0.15, 0.2) is 0 Å². The van der Waals surface area contributed by atoms with Gasteiger partial charge < -0.3 is 37.0 Å². The molecule has 0 aliphatic heterocycles. The van der Waals surface area contributed by atoms with Crippen LogP contribution in [0.3, 0.4) is 0 Å². The number of aliphatic carboxylic acids is 1. The van der Waals surface area contributed by atoms with Crippen LogP contribution in [0.15, 0.2) is 30.3 Å². The first-order valence-corrected chi connectivity index (χ1v) is 8.41. The van der Waals surface area contributed by atoms with E-state index < -0.39 is 61.6 Å². The highest BCUT2D eigenvalue weighted by molar-refractivity contribution is 5.93. The molecule has 0 aliphatic rings. The maximum atomic E-state index is 12.5. The van der Waals surface area contributed by atoms with Crippen molar-refractivity contribution in [3.8, 4) is 0 Å². The van der Waals surface area contributed by atoms with E-state index in [4.69, 9.17) is 15.9 Å². The molecule has 0 heterocycles. The standard InChI is InChI=1S/C17H24N4O7/c18-7-14(24)19-12(8-22)16(26)20-11(6-10-4-2-1-3-5-10)15(25)21-13(9-23)17(27)28/h1-5,11-13,22-23H,6-9,18H2,(H,19,24)(H,20,26)(H,21,25)(H,27,28). The molecule has 0 saturated carbocycles. The molecular formula is C17H24N4O7. The lowest BCUT2D eigenvalue weighted by Gasteiger charge is -2.23. The number of benzene rings is 1. The molecule has 11 nitrogen and oxygen atoms in total. The molecule has 0 fully saturated rings. The van der Waals surface area contributed by atoms with Gasteiger partial charge in [-0.2, -0.15) is 0 Å². The minimum atomic E-state index is -1.55. The molecule has 1 rings (SSSR count). The van der Waals surface area contributed by atoms with E-state index in [1.54, 1.807) is 30.3 Å². The minimum absolute atomic E-state index is 0.0131. The zero-order valence-corrected chi connectivity index (χ0v) is 15.0. The molecule has 3 amide bonds. The number of nitrogens with one attached hydrogen (secondary N) is 3. The van der Waals surface area contributed by atoms with Crippen LogP contribution in [-0.2, 0) is 25.6 Å². The number of hydrogen-bond donors (Lipinski definition) is 7. The number of hydrogen-bond acceptors (Lipinski definition) is 7. The Kier molecular flexibility index (Phi) is 9.57. The predicted molar refractivity (Wildman–Crippen MR) is 96.8 cm³/mol. The van der Waals surface area contributed by atoms with Gasteiger partial charge in [0, 0.05) is 6.42 Å². The molecule has 0 radical (unpaired) electrons. The molecule has 8 N–H and O–H groups in total. The topological polar surface area (TPSA) is 191 Å². The molecular weight excluding hydrogens is 372 g/mol. The van der Waals surface area contributed by atoms with Crippen LogP contribution in [0.25, 0.3) is 0 Å². The Morgan fingerprint density at radius 2 is 1.39 bits per heavy atom. The second kappa shape index (κ2) is 11.6. The number of carboxylic acid groups (broad SMARTS) is 1. The number of carbonyl (C=O) groups is 4. The quantitative estimate of drug-likeness (QED) is 0.202. The van der Waals surface area contributed by atoms with Crippen LogP contribution in [0.5, 0.6) is 0 Å². The van der Waals surface area contributed by atoms with Crippen LogP contribution in [0, 0.1) is 0 Å². The van der Waals surface area contributed by atoms with Gasteiger partial charge in [-0.25, -0.2) is 4.79 Å². The maximum Gasteiger partial charge on any atom is 0.328 e. The van der Waals surface area contributed by atoms with Crippen molar-refractivity contribution in [3.05, 3.63) is 35.9 Å². The molecule has 0 saturated heterocycles. The van der Waals surface area contributed by atoms with Crippen molar-refractivity contribution in [1.29, 1.82) is 0 Å². The fourth-order valence-electron chi connectivity index (χ4n) is 2.24. The SMILES string of the molecule is NCC(=O)NC(CO)C(=O)NC(Cc1ccccc1)C(=O)NC(CO)C(=O)O. The van der Waals surface area contributed by atoms with Gasteiger partial charge in [-0.05, 0) is 5.56 Å². The van der Waals surface area contributed by atoms with E-state index in [9.17, 15) is 24.3 Å². The average Bonchev–Trinajstić information content (AvgIpc) is 2.69. The smallest absolute Gasteiger partial charge is 0.328 e. The molecule has 0 aliphatic carbocycles. The van der Waals surface area contributed by atoms with Gasteiger partial charge in [0.25, 0.3) is 0 Å². The van der Waals surface area contributed by atoms with Gasteiger partial charge >= 0.3 is 5.97 Å². The zero-order valence-electron chi connectivity index (χ0n) is 15.0. The van der Waals surface area contributed by atoms with Crippen molar-refractivity contribution in [2.24, 2.45) is 5.73 Å². The van der Waals surface area contributed by atoms with Crippen LogP contribution in [0.1, 0.15) is 5.56 Å². The van der Waals surface area contributed by atoms with Gasteiger partial charge in [0.2, 0.25) is 17.7 Å². The van der Waals surface area contributed by atoms with Crippen molar-refractivity contribution in [3.63, 3.8) is 0 Å². The summed E-state index contributed by atoms with van der Waals surface area (Å²) >= 11 is 0. The molecule has 11 heteroatoms. The lowest BCUT2D eigenvalue weighted by Crippen LogP contribution is -2.58. The van der Waals surface area contributed by atoms with Gasteiger partial charge in [-0.1, -0.05) is 30.3 Å². The summed E-state index contributed by atoms with van der Waals surface area (Å²) < 4.78 is 0. The number of aliphatic hydroxyl groups is 2. The number of carboxylic acids is 1. The third kappa shape index (κ3) is 7.31. The van der Waals surface area contributed by atoms with E-state index >= 15 is 0 Å². The summed E-state index contributed by atoms with van der Waals surface area (Å²) in [7, 11) is 0. The normalized spacial score (nSPS) is 13.7. The summed E-state index contributed by atoms with van der Waals surface area (Å²) in [6.45, 7) is -1.96. The highest BCUT2D eigenvalue weighted by Crippen LogP contribution is 2.05. The summed E-state index contributed by atoms with van der Waals surface area (Å²) in [6, 6.07) is 4.50. The first-order chi connectivity index (χ1) is 13.3. The lowest BCUT2D eigenvalue weighted by atomic mass is 10.0. The van der Waals surface area contributed by atoms with E-state index in [0.717, 1.165) is 0 Å². The first-order valence-electron chi connectivity index (χ1n) is 8.41. The number of carbonyl (C=O) groups excluding carboxylic acids is 3. The summed E-state index contributed by atoms with van der Waals surface area (Å²) in [4.78, 5) is 47.2. The predicted octanol–water partition coefficient (Wildman–Crippen LogP) is -3.29. The van der Waals surface area contributed by atoms with Crippen LogP contribution >= 0.6 is 0 Å². The van der Waals surface area contributed by atoms with E-state index in [0.29, 0.717) is 5.56 Å². The summed E-state index contributed by atoms with van der Waals surface area (Å²) in [5.74, 6) is -3.81. The number of aliphatic hydroxyl groups excluding tert-OH is 2. The Balaban J connectivity index is 2.95. The van der Waals surface area contributed by atoms with Crippen LogP contribution < -0.4 is 21.7 Å². The number of rotatable bonds is 11. The highest BCUT2D eigenvalue weighted by atomic mass is 16.4. The summed E-state index contributed by atoms with van der Waals surface area (Å²) in [5, 5.41) is 34.1. The van der Waals surface area contributed by atoms with Gasteiger partial charge in [0.1, 0.15) is 18.1 Å². The largest absolute Gasteiger partial charge is 0.480 e. The Morgan fingerprint density at radius 1 is 0.857 bits per heavy atom. The number of amides is 3. The Bertz CT molecular complexity index is 683. The molecule has 0 bridgehead atoms. The van der Waals surface area contributed by atoms with Gasteiger partial charge in [-0.15, -0.1) is 0 Å². The Labute approximate surface area is 160 Å². The monoisotopic (exact) mass is 396 g/mol. The van der Waals surface area contributed by atoms with Crippen LogP contribution in [0.2, 0.25) is 0 Å². The fraction of sp³-hybridized carbons (Fsp3) is 0.412. The van der Waals surface area contributed by atoms with Gasteiger partial charge in [0.05, 0.1) is 19.8 Å². The van der Waals surface area contributed by atoms with Crippen LogP contribution in [0.4, 0.5) is 0 Å². The summed E-state index contributed by atoms with van der Waals surface area (Å²) in [6.07, 6.45) is 0.0131. The molecule has 154 valence electrons. The maximum absolute atomic E-state index is 12.5. The third-order valence-corrected chi connectivity index (χ3v) is 3.73. The van der Waals surface area contributed by atoms with E-state index in [1.807, 2.05) is 0 Å². The van der Waals surface area contributed by atoms with Gasteiger partial charge in [-0.3, -0.25) is 14.4 Å². The van der Waals surface area contributed by atoms with E-state index in [-0.39, 0.29) is 6.42 Å². The highest BCUT2D eigenvalue weighted by Gasteiger charge is 2.29. The molecule has 1 aromatic carbocycles. The fourth-order valence-corrected chi connectivity index (χ4v) is 2.24. The zero-order chi connectivity index (χ0) is 21.1. The van der Waals surface area contributed by atoms with Crippen molar-refractivity contribution in [2.75, 3.05) is 19.8 Å². The molecule has 28 heavy (non-hydrogen) atoms. The second-order valence-electron chi connectivity index (χ2n) is 5.84. The Morgan fingerprint density at radius 3 is 1.89 bits per heavy atom. The molecule has 3 atom stereocenters. The molecule has 3 unspecified atom stereocenters. The van der Waals surface area contributed by atoms with Crippen molar-refractivity contribution in [1.82, 2.24) is 16.0 Å². The first kappa shape index (κ1) is 23.0. The van der Waals surface area contributed by atoms with Crippen molar-refractivity contribution < 1.29 is 34.5 Å². The molecule has 1 aromatic rings. The van der Waals surface area contributed by atoms with Crippen molar-refractivity contribution >= 4 is 23.7 Å². The average molecular weight is 396 g/mol. The van der Waals surface area contributed by atoms with Crippen LogP contribution in [-0.4, -0.2) is 76.9 Å². The molecule has 0 aromatic heterocycles. The summed E-state index contributed by atoms with van der Waals surface area (Å²) in [5.41, 5.74) is 5.83. The number of nitrogens with two attached hydrogens (primary N) is 1. The van der Waals surface area contributed by atoms with E-state index in [1.165, 1.54) is 0 Å².